The molecule has 39 heavy (non-hydrogen) atoms. The molecule has 1 N–H and O–H groups in total. The molecule has 0 saturated carbocycles. The van der Waals surface area contributed by atoms with E-state index >= 15 is 0 Å². The molecule has 1 aromatic carbocycles. The summed E-state index contributed by atoms with van der Waals surface area (Å²) in [6.07, 6.45) is 2.26. The van der Waals surface area contributed by atoms with E-state index in [-0.39, 0.29) is 17.6 Å². The second-order valence-corrected chi connectivity index (χ2v) is 15.5. The minimum atomic E-state index is -1.70. The molecule has 0 aliphatic rings. The monoisotopic (exact) mass is 571 g/mol. The molecule has 0 aliphatic heterocycles. The van der Waals surface area contributed by atoms with E-state index in [1.807, 2.05) is 12.1 Å². The fourth-order valence-corrected chi connectivity index (χ4v) is 3.99. The van der Waals surface area contributed by atoms with Gasteiger partial charge in [0, 0.05) is 12.2 Å². The highest BCUT2D eigenvalue weighted by atomic mass is 28.4. The van der Waals surface area contributed by atoms with Crippen molar-refractivity contribution >= 4 is 20.0 Å². The summed E-state index contributed by atoms with van der Waals surface area (Å²) in [5.74, 6) is -0.352. The van der Waals surface area contributed by atoms with Gasteiger partial charge in [0.1, 0.15) is 6.61 Å². The molecule has 0 bridgehead atoms. The third kappa shape index (κ3) is 17.7. The van der Waals surface area contributed by atoms with Gasteiger partial charge >= 0.3 is 5.97 Å². The van der Waals surface area contributed by atoms with Gasteiger partial charge in [-0.25, -0.2) is 4.79 Å². The lowest BCUT2D eigenvalue weighted by atomic mass is 10.2. The van der Waals surface area contributed by atoms with Crippen LogP contribution in [0.4, 0.5) is 5.69 Å². The SMILES string of the molecule is CCCCNc1ccc(C(=O)OCCOCCOCCOCCOCCOCCO[Si](C)(C)C(C)(C)C)cc1. The average molecular weight is 572 g/mol. The largest absolute Gasteiger partial charge is 0.460 e. The van der Waals surface area contributed by atoms with E-state index in [4.69, 9.17) is 32.8 Å². The lowest BCUT2D eigenvalue weighted by Gasteiger charge is -2.36. The number of esters is 1. The highest BCUT2D eigenvalue weighted by Crippen LogP contribution is 2.36. The number of carbonyl (C=O) groups is 1. The molecule has 1 rings (SSSR count). The highest BCUT2D eigenvalue weighted by molar-refractivity contribution is 6.74. The summed E-state index contributed by atoms with van der Waals surface area (Å²) in [6, 6.07) is 7.31. The van der Waals surface area contributed by atoms with Crippen LogP contribution in [0.15, 0.2) is 24.3 Å². The van der Waals surface area contributed by atoms with Gasteiger partial charge in [0.25, 0.3) is 0 Å². The second kappa shape index (κ2) is 21.2. The van der Waals surface area contributed by atoms with Crippen LogP contribution in [0.2, 0.25) is 18.1 Å². The number of hydrogen-bond acceptors (Lipinski definition) is 9. The Morgan fingerprint density at radius 1 is 0.718 bits per heavy atom. The van der Waals surface area contributed by atoms with Crippen LogP contribution in [0.25, 0.3) is 0 Å². The number of carbonyl (C=O) groups excluding carboxylic acids is 1. The van der Waals surface area contributed by atoms with E-state index in [1.165, 1.54) is 0 Å². The average Bonchev–Trinajstić information content (AvgIpc) is 2.89. The molecule has 1 aromatic rings. The van der Waals surface area contributed by atoms with Gasteiger partial charge in [0.05, 0.1) is 78.2 Å². The molecule has 0 aliphatic carbocycles. The summed E-state index contributed by atoms with van der Waals surface area (Å²) in [6.45, 7) is 20.0. The third-order valence-electron chi connectivity index (χ3n) is 6.43. The van der Waals surface area contributed by atoms with Crippen LogP contribution in [0.5, 0.6) is 0 Å². The first kappa shape index (κ1) is 35.5. The lowest BCUT2D eigenvalue weighted by molar-refractivity contribution is -0.0165. The number of unbranched alkanes of at least 4 members (excludes halogenated alkanes) is 1. The molecule has 0 atom stereocenters. The Hall–Kier alpha value is -1.53. The van der Waals surface area contributed by atoms with Gasteiger partial charge in [-0.1, -0.05) is 34.1 Å². The van der Waals surface area contributed by atoms with E-state index in [0.717, 1.165) is 25.1 Å². The van der Waals surface area contributed by atoms with Gasteiger partial charge in [-0.05, 0) is 48.8 Å². The van der Waals surface area contributed by atoms with Crippen molar-refractivity contribution in [2.75, 3.05) is 91.1 Å². The smallest absolute Gasteiger partial charge is 0.338 e. The topological polar surface area (TPSA) is 93.7 Å². The normalized spacial score (nSPS) is 12.1. The summed E-state index contributed by atoms with van der Waals surface area (Å²) in [4.78, 5) is 12.1. The number of rotatable bonds is 24. The molecule has 226 valence electrons. The van der Waals surface area contributed by atoms with Gasteiger partial charge in [-0.2, -0.15) is 0 Å². The first-order valence-electron chi connectivity index (χ1n) is 14.2. The van der Waals surface area contributed by atoms with Crippen molar-refractivity contribution in [2.45, 2.75) is 58.7 Å². The van der Waals surface area contributed by atoms with Crippen molar-refractivity contribution in [1.29, 1.82) is 0 Å². The maximum absolute atomic E-state index is 12.1. The number of anilines is 1. The van der Waals surface area contributed by atoms with Crippen LogP contribution in [-0.2, 0) is 32.8 Å². The Bertz CT molecular complexity index is 740. The summed E-state index contributed by atoms with van der Waals surface area (Å²) >= 11 is 0. The van der Waals surface area contributed by atoms with Crippen molar-refractivity contribution in [3.63, 3.8) is 0 Å². The molecular weight excluding hydrogens is 518 g/mol. The van der Waals surface area contributed by atoms with E-state index in [1.54, 1.807) is 12.1 Å². The van der Waals surface area contributed by atoms with E-state index in [0.29, 0.717) is 78.2 Å². The van der Waals surface area contributed by atoms with Crippen LogP contribution in [0.3, 0.4) is 0 Å². The molecule has 0 heterocycles. The molecule has 0 radical (unpaired) electrons. The van der Waals surface area contributed by atoms with Crippen LogP contribution >= 0.6 is 0 Å². The summed E-state index contributed by atoms with van der Waals surface area (Å²) < 4.78 is 38.8. The molecule has 0 fully saturated rings. The quantitative estimate of drug-likeness (QED) is 0.103. The number of benzene rings is 1. The van der Waals surface area contributed by atoms with Crippen LogP contribution in [-0.4, -0.2) is 100 Å². The Balaban J connectivity index is 1.84. The van der Waals surface area contributed by atoms with Crippen molar-refractivity contribution in [3.8, 4) is 0 Å². The first-order chi connectivity index (χ1) is 18.7. The van der Waals surface area contributed by atoms with Gasteiger partial charge in [-0.15, -0.1) is 0 Å². The van der Waals surface area contributed by atoms with Crippen molar-refractivity contribution in [1.82, 2.24) is 0 Å². The maximum Gasteiger partial charge on any atom is 0.338 e. The number of hydrogen-bond donors (Lipinski definition) is 1. The van der Waals surface area contributed by atoms with Gasteiger partial charge < -0.3 is 38.2 Å². The lowest BCUT2D eigenvalue weighted by Crippen LogP contribution is -2.41. The second-order valence-electron chi connectivity index (χ2n) is 10.7. The summed E-state index contributed by atoms with van der Waals surface area (Å²) in [5.41, 5.74) is 1.53. The zero-order valence-electron chi connectivity index (χ0n) is 25.2. The predicted octanol–water partition coefficient (Wildman–Crippen LogP) is 5.16. The van der Waals surface area contributed by atoms with Crippen molar-refractivity contribution in [2.24, 2.45) is 0 Å². The highest BCUT2D eigenvalue weighted by Gasteiger charge is 2.36. The standard InChI is InChI=1S/C29H53NO8Si/c1-7-8-13-30-27-11-9-26(10-12-27)28(31)37-24-22-35-20-18-33-16-14-32-15-17-34-19-21-36-23-25-38-39(5,6)29(2,3)4/h9-12,30H,7-8,13-25H2,1-6H3. The van der Waals surface area contributed by atoms with Gasteiger partial charge in [-0.3, -0.25) is 0 Å². The zero-order valence-corrected chi connectivity index (χ0v) is 26.2. The Labute approximate surface area is 237 Å². The first-order valence-corrected chi connectivity index (χ1v) is 17.1. The molecule has 9 nitrogen and oxygen atoms in total. The number of nitrogens with one attached hydrogen (secondary N) is 1. The van der Waals surface area contributed by atoms with Gasteiger partial charge in [0.15, 0.2) is 8.32 Å². The minimum absolute atomic E-state index is 0.203. The zero-order chi connectivity index (χ0) is 28.8. The Kier molecular flexibility index (Phi) is 19.3. The van der Waals surface area contributed by atoms with Crippen molar-refractivity contribution < 1.29 is 37.6 Å². The fraction of sp³-hybridized carbons (Fsp3) is 0.759. The van der Waals surface area contributed by atoms with Crippen LogP contribution < -0.4 is 5.32 Å². The summed E-state index contributed by atoms with van der Waals surface area (Å²) in [5, 5.41) is 3.53. The fourth-order valence-electron chi connectivity index (χ4n) is 2.96. The van der Waals surface area contributed by atoms with E-state index < -0.39 is 8.32 Å². The Morgan fingerprint density at radius 3 is 1.59 bits per heavy atom. The molecule has 10 heteroatoms. The van der Waals surface area contributed by atoms with Gasteiger partial charge in [0.2, 0.25) is 0 Å². The molecule has 0 saturated heterocycles. The maximum atomic E-state index is 12.1. The van der Waals surface area contributed by atoms with Crippen LogP contribution in [0.1, 0.15) is 50.9 Å². The molecule has 0 spiro atoms. The third-order valence-corrected chi connectivity index (χ3v) is 11.0. The van der Waals surface area contributed by atoms with Crippen LogP contribution in [0, 0.1) is 0 Å². The number of ether oxygens (including phenoxy) is 6. The minimum Gasteiger partial charge on any atom is -0.460 e. The molecule has 0 aromatic heterocycles. The van der Waals surface area contributed by atoms with E-state index in [9.17, 15) is 4.79 Å². The molecule has 0 amide bonds. The predicted molar refractivity (Wildman–Crippen MR) is 157 cm³/mol. The summed E-state index contributed by atoms with van der Waals surface area (Å²) in [7, 11) is -1.70. The van der Waals surface area contributed by atoms with E-state index in [2.05, 4.69) is 46.1 Å². The molecular formula is C29H53NO8Si. The van der Waals surface area contributed by atoms with Crippen molar-refractivity contribution in [3.05, 3.63) is 29.8 Å². The molecule has 0 unspecified atom stereocenters. The Morgan fingerprint density at radius 2 is 1.15 bits per heavy atom.